The van der Waals surface area contributed by atoms with Crippen LogP contribution in [0.2, 0.25) is 0 Å². The number of hydrogen-bond donors (Lipinski definition) is 1. The average molecular weight is 277 g/mol. The molecule has 1 saturated heterocycles. The molecule has 20 heavy (non-hydrogen) atoms. The molecular formula is C16H23NO3. The molecular weight excluding hydrogens is 254 g/mol. The van der Waals surface area contributed by atoms with Crippen molar-refractivity contribution in [2.75, 3.05) is 19.8 Å². The van der Waals surface area contributed by atoms with Crippen LogP contribution in [0.4, 0.5) is 0 Å². The highest BCUT2D eigenvalue weighted by atomic mass is 16.7. The van der Waals surface area contributed by atoms with E-state index in [1.807, 2.05) is 25.1 Å². The number of nitrogens with one attached hydrogen (secondary N) is 1. The third-order valence-corrected chi connectivity index (χ3v) is 3.66. The van der Waals surface area contributed by atoms with E-state index in [4.69, 9.17) is 9.47 Å². The van der Waals surface area contributed by atoms with Crippen LogP contribution in [0.25, 0.3) is 0 Å². The quantitative estimate of drug-likeness (QED) is 0.869. The van der Waals surface area contributed by atoms with Crippen molar-refractivity contribution < 1.29 is 14.3 Å². The number of hydrogen-bond acceptors (Lipinski definition) is 3. The number of carbonyl (C=O) groups excluding carboxylic acids is 1. The highest BCUT2D eigenvalue weighted by Gasteiger charge is 2.30. The highest BCUT2D eigenvalue weighted by Crippen LogP contribution is 2.22. The second-order valence-corrected chi connectivity index (χ2v) is 5.45. The van der Waals surface area contributed by atoms with Gasteiger partial charge in [-0.1, -0.05) is 37.3 Å². The van der Waals surface area contributed by atoms with Crippen LogP contribution < -0.4 is 5.32 Å². The molecule has 1 aromatic carbocycles. The maximum absolute atomic E-state index is 11.9. The molecule has 0 aliphatic carbocycles. The molecule has 1 aliphatic heterocycles. The Morgan fingerprint density at radius 3 is 2.60 bits per heavy atom. The van der Waals surface area contributed by atoms with Crippen LogP contribution in [-0.4, -0.2) is 31.5 Å². The molecule has 2 rings (SSSR count). The summed E-state index contributed by atoms with van der Waals surface area (Å²) in [6, 6.07) is 10.1. The standard InChI is InChI=1S/C16H23NO3/c1-13(14-6-4-3-5-7-14)12-15(18)17-9-8-16(2)19-10-11-20-16/h3-7,13H,8-12H2,1-2H3,(H,17,18). The molecule has 0 saturated carbocycles. The van der Waals surface area contributed by atoms with Crippen molar-refractivity contribution >= 4 is 5.91 Å². The van der Waals surface area contributed by atoms with Gasteiger partial charge >= 0.3 is 0 Å². The van der Waals surface area contributed by atoms with Crippen molar-refractivity contribution in [1.82, 2.24) is 5.32 Å². The largest absolute Gasteiger partial charge is 0.356 e. The first-order valence-corrected chi connectivity index (χ1v) is 7.19. The number of ether oxygens (including phenoxy) is 2. The lowest BCUT2D eigenvalue weighted by atomic mass is 9.97. The Kier molecular flexibility index (Phi) is 5.15. The summed E-state index contributed by atoms with van der Waals surface area (Å²) in [6.07, 6.45) is 1.18. The zero-order valence-corrected chi connectivity index (χ0v) is 12.2. The molecule has 1 N–H and O–H groups in total. The van der Waals surface area contributed by atoms with Crippen LogP contribution in [0.1, 0.15) is 38.2 Å². The minimum Gasteiger partial charge on any atom is -0.356 e. The van der Waals surface area contributed by atoms with E-state index in [9.17, 15) is 4.79 Å². The highest BCUT2D eigenvalue weighted by molar-refractivity contribution is 5.76. The first-order chi connectivity index (χ1) is 9.59. The summed E-state index contributed by atoms with van der Waals surface area (Å²) in [5, 5.41) is 2.94. The van der Waals surface area contributed by atoms with Crippen LogP contribution in [0.15, 0.2) is 30.3 Å². The van der Waals surface area contributed by atoms with Crippen LogP contribution in [0.5, 0.6) is 0 Å². The third-order valence-electron chi connectivity index (χ3n) is 3.66. The summed E-state index contributed by atoms with van der Waals surface area (Å²) in [6.45, 7) is 5.83. The van der Waals surface area contributed by atoms with Gasteiger partial charge in [-0.2, -0.15) is 0 Å². The van der Waals surface area contributed by atoms with Crippen molar-refractivity contribution in [1.29, 1.82) is 0 Å². The van der Waals surface area contributed by atoms with E-state index in [2.05, 4.69) is 24.4 Å². The van der Waals surface area contributed by atoms with Gasteiger partial charge in [-0.05, 0) is 18.4 Å². The molecule has 110 valence electrons. The van der Waals surface area contributed by atoms with Crippen molar-refractivity contribution in [3.05, 3.63) is 35.9 Å². The van der Waals surface area contributed by atoms with Gasteiger partial charge in [0.15, 0.2) is 5.79 Å². The van der Waals surface area contributed by atoms with E-state index >= 15 is 0 Å². The van der Waals surface area contributed by atoms with E-state index in [0.29, 0.717) is 32.6 Å². The van der Waals surface area contributed by atoms with Gasteiger partial charge in [0.1, 0.15) is 0 Å². The molecule has 4 heteroatoms. The van der Waals surface area contributed by atoms with Crippen LogP contribution in [-0.2, 0) is 14.3 Å². The van der Waals surface area contributed by atoms with Gasteiger partial charge in [-0.15, -0.1) is 0 Å². The fourth-order valence-corrected chi connectivity index (χ4v) is 2.38. The number of benzene rings is 1. The predicted octanol–water partition coefficient (Wildman–Crippen LogP) is 2.45. The molecule has 1 aromatic rings. The molecule has 4 nitrogen and oxygen atoms in total. The lowest BCUT2D eigenvalue weighted by Crippen LogP contribution is -2.33. The molecule has 1 unspecified atom stereocenters. The first-order valence-electron chi connectivity index (χ1n) is 7.19. The second kappa shape index (κ2) is 6.86. The van der Waals surface area contributed by atoms with Crippen molar-refractivity contribution in [3.63, 3.8) is 0 Å². The topological polar surface area (TPSA) is 47.6 Å². The molecule has 1 atom stereocenters. The summed E-state index contributed by atoms with van der Waals surface area (Å²) >= 11 is 0. The van der Waals surface area contributed by atoms with Gasteiger partial charge in [0.05, 0.1) is 13.2 Å². The van der Waals surface area contributed by atoms with Crippen molar-refractivity contribution in [2.24, 2.45) is 0 Å². The molecule has 0 radical (unpaired) electrons. The van der Waals surface area contributed by atoms with Crippen LogP contribution in [0.3, 0.4) is 0 Å². The summed E-state index contributed by atoms with van der Waals surface area (Å²) < 4.78 is 11.0. The normalized spacial score (nSPS) is 18.7. The molecule has 0 spiro atoms. The van der Waals surface area contributed by atoms with Gasteiger partial charge in [-0.3, -0.25) is 4.79 Å². The van der Waals surface area contributed by atoms with E-state index in [-0.39, 0.29) is 11.8 Å². The average Bonchev–Trinajstić information content (AvgIpc) is 2.86. The number of carbonyl (C=O) groups is 1. The summed E-state index contributed by atoms with van der Waals surface area (Å²) in [7, 11) is 0. The molecule has 1 amide bonds. The molecule has 1 aliphatic rings. The van der Waals surface area contributed by atoms with E-state index in [0.717, 1.165) is 0 Å². The number of rotatable bonds is 6. The lowest BCUT2D eigenvalue weighted by molar-refractivity contribution is -0.146. The van der Waals surface area contributed by atoms with Gasteiger partial charge in [0, 0.05) is 19.4 Å². The second-order valence-electron chi connectivity index (χ2n) is 5.45. The zero-order chi connectivity index (χ0) is 14.4. The Hall–Kier alpha value is -1.39. The Morgan fingerprint density at radius 2 is 1.95 bits per heavy atom. The van der Waals surface area contributed by atoms with Gasteiger partial charge < -0.3 is 14.8 Å². The lowest BCUT2D eigenvalue weighted by Gasteiger charge is -2.22. The SMILES string of the molecule is CC(CC(=O)NCCC1(C)OCCO1)c1ccccc1. The Bertz CT molecular complexity index is 427. The summed E-state index contributed by atoms with van der Waals surface area (Å²) in [5.41, 5.74) is 1.19. The van der Waals surface area contributed by atoms with Gasteiger partial charge in [0.2, 0.25) is 5.91 Å². The zero-order valence-electron chi connectivity index (χ0n) is 12.2. The maximum Gasteiger partial charge on any atom is 0.220 e. The van der Waals surface area contributed by atoms with Crippen LogP contribution >= 0.6 is 0 Å². The van der Waals surface area contributed by atoms with Gasteiger partial charge in [0.25, 0.3) is 0 Å². The van der Waals surface area contributed by atoms with Gasteiger partial charge in [-0.25, -0.2) is 0 Å². The fraction of sp³-hybridized carbons (Fsp3) is 0.562. The Balaban J connectivity index is 1.70. The maximum atomic E-state index is 11.9. The minimum atomic E-state index is -0.529. The summed E-state index contributed by atoms with van der Waals surface area (Å²) in [4.78, 5) is 11.9. The first kappa shape index (κ1) is 15.0. The fourth-order valence-electron chi connectivity index (χ4n) is 2.38. The van der Waals surface area contributed by atoms with E-state index in [1.165, 1.54) is 5.56 Å². The minimum absolute atomic E-state index is 0.0722. The smallest absolute Gasteiger partial charge is 0.220 e. The molecule has 0 aromatic heterocycles. The van der Waals surface area contributed by atoms with Crippen molar-refractivity contribution in [2.45, 2.75) is 38.4 Å². The Morgan fingerprint density at radius 1 is 1.30 bits per heavy atom. The predicted molar refractivity (Wildman–Crippen MR) is 77.4 cm³/mol. The number of amides is 1. The van der Waals surface area contributed by atoms with Crippen molar-refractivity contribution in [3.8, 4) is 0 Å². The monoisotopic (exact) mass is 277 g/mol. The third kappa shape index (κ3) is 4.32. The summed E-state index contributed by atoms with van der Waals surface area (Å²) in [5.74, 6) is -0.230. The van der Waals surface area contributed by atoms with E-state index in [1.54, 1.807) is 0 Å². The Labute approximate surface area is 120 Å². The van der Waals surface area contributed by atoms with E-state index < -0.39 is 5.79 Å². The van der Waals surface area contributed by atoms with Crippen LogP contribution in [0, 0.1) is 0 Å². The molecule has 0 bridgehead atoms. The molecule has 1 fully saturated rings. The molecule has 1 heterocycles.